The van der Waals surface area contributed by atoms with Crippen molar-refractivity contribution in [2.45, 2.75) is 12.0 Å². The zero-order valence-corrected chi connectivity index (χ0v) is 21.9. The predicted octanol–water partition coefficient (Wildman–Crippen LogP) is 6.66. The van der Waals surface area contributed by atoms with Gasteiger partial charge in [-0.05, 0) is 54.1 Å². The number of amides is 2. The molecule has 4 aromatic carbocycles. The molecule has 0 spiro atoms. The van der Waals surface area contributed by atoms with Crippen molar-refractivity contribution >= 4 is 55.5 Å². The molecule has 0 saturated carbocycles. The highest BCUT2D eigenvalue weighted by molar-refractivity contribution is 7.22. The molecular formula is C31H20ClFN2O3S. The average Bonchev–Trinajstić information content (AvgIpc) is 2.96. The van der Waals surface area contributed by atoms with E-state index in [0.717, 1.165) is 0 Å². The number of benzene rings is 4. The summed E-state index contributed by atoms with van der Waals surface area (Å²) in [5, 5.41) is 3.96. The summed E-state index contributed by atoms with van der Waals surface area (Å²) in [6, 6.07) is 27.1. The van der Waals surface area contributed by atoms with Crippen molar-refractivity contribution in [3.63, 3.8) is 0 Å². The lowest BCUT2D eigenvalue weighted by Gasteiger charge is -2.39. The van der Waals surface area contributed by atoms with E-state index in [4.69, 9.17) is 11.6 Å². The quantitative estimate of drug-likeness (QED) is 0.270. The minimum atomic E-state index is -1.26. The van der Waals surface area contributed by atoms with Gasteiger partial charge in [0.05, 0.1) is 0 Å². The third kappa shape index (κ3) is 4.39. The lowest BCUT2D eigenvalue weighted by atomic mass is 9.81. The number of para-hydroxylation sites is 1. The van der Waals surface area contributed by atoms with Gasteiger partial charge >= 0.3 is 0 Å². The predicted molar refractivity (Wildman–Crippen MR) is 153 cm³/mol. The van der Waals surface area contributed by atoms with Gasteiger partial charge in [0.15, 0.2) is 5.43 Å². The van der Waals surface area contributed by atoms with Gasteiger partial charge in [-0.2, -0.15) is 0 Å². The molecule has 39 heavy (non-hydrogen) atoms. The highest BCUT2D eigenvalue weighted by Crippen LogP contribution is 2.46. The van der Waals surface area contributed by atoms with Gasteiger partial charge in [-0.1, -0.05) is 66.2 Å². The van der Waals surface area contributed by atoms with E-state index < -0.39 is 29.6 Å². The van der Waals surface area contributed by atoms with Crippen molar-refractivity contribution < 1.29 is 14.0 Å². The van der Waals surface area contributed by atoms with Crippen LogP contribution >= 0.6 is 22.9 Å². The largest absolute Gasteiger partial charge is 0.339 e. The molecule has 0 aliphatic carbocycles. The molecule has 1 N–H and O–H groups in total. The van der Waals surface area contributed by atoms with E-state index >= 15 is 4.39 Å². The number of hydrogen-bond donors (Lipinski definition) is 1. The lowest BCUT2D eigenvalue weighted by Crippen LogP contribution is -2.55. The maximum atomic E-state index is 15.4. The van der Waals surface area contributed by atoms with E-state index in [1.54, 1.807) is 91.0 Å². The highest BCUT2D eigenvalue weighted by atomic mass is 35.5. The van der Waals surface area contributed by atoms with Crippen LogP contribution in [-0.2, 0) is 4.79 Å². The molecule has 5 nitrogen and oxygen atoms in total. The fourth-order valence-corrected chi connectivity index (χ4v) is 6.40. The van der Waals surface area contributed by atoms with Crippen molar-refractivity contribution in [3.8, 4) is 0 Å². The van der Waals surface area contributed by atoms with Crippen LogP contribution in [0.4, 0.5) is 15.1 Å². The maximum Gasteiger partial charge on any atom is 0.255 e. The summed E-state index contributed by atoms with van der Waals surface area (Å²) in [7, 11) is 0. The molecule has 1 aliphatic heterocycles. The van der Waals surface area contributed by atoms with Crippen molar-refractivity contribution in [3.05, 3.63) is 141 Å². The molecule has 0 bridgehead atoms. The number of fused-ring (bicyclic) bond motifs is 2. The maximum absolute atomic E-state index is 15.4. The minimum absolute atomic E-state index is 0.142. The van der Waals surface area contributed by atoms with E-state index in [9.17, 15) is 14.4 Å². The zero-order valence-electron chi connectivity index (χ0n) is 20.3. The van der Waals surface area contributed by atoms with E-state index in [-0.39, 0.29) is 16.6 Å². The number of nitrogens with zero attached hydrogens (tertiary/aromatic N) is 1. The van der Waals surface area contributed by atoms with Gasteiger partial charge in [-0.15, -0.1) is 11.3 Å². The summed E-state index contributed by atoms with van der Waals surface area (Å²) in [5.41, 5.74) is 0.858. The van der Waals surface area contributed by atoms with Gasteiger partial charge in [-0.3, -0.25) is 19.3 Å². The third-order valence-electron chi connectivity index (χ3n) is 6.78. The number of carbonyl (C=O) groups excluding carboxylic acids is 2. The van der Waals surface area contributed by atoms with Crippen LogP contribution in [0, 0.1) is 5.82 Å². The van der Waals surface area contributed by atoms with Crippen LogP contribution in [0.25, 0.3) is 10.1 Å². The Morgan fingerprint density at radius 2 is 1.54 bits per heavy atom. The number of hydrogen-bond acceptors (Lipinski definition) is 4. The van der Waals surface area contributed by atoms with E-state index in [0.29, 0.717) is 31.4 Å². The molecule has 2 amide bonds. The highest BCUT2D eigenvalue weighted by Gasteiger charge is 2.46. The van der Waals surface area contributed by atoms with Crippen LogP contribution in [0.3, 0.4) is 0 Å². The molecule has 0 unspecified atom stereocenters. The average molecular weight is 555 g/mol. The van der Waals surface area contributed by atoms with E-state index in [1.165, 1.54) is 22.3 Å². The fourth-order valence-electron chi connectivity index (χ4n) is 5.00. The fraction of sp³-hybridized carbons (Fsp3) is 0.0645. The van der Waals surface area contributed by atoms with Gasteiger partial charge in [0.1, 0.15) is 16.9 Å². The Bertz CT molecular complexity index is 1790. The summed E-state index contributed by atoms with van der Waals surface area (Å²) in [5.74, 6) is -2.64. The van der Waals surface area contributed by atoms with Gasteiger partial charge in [0, 0.05) is 37.8 Å². The second-order valence-corrected chi connectivity index (χ2v) is 10.6. The van der Waals surface area contributed by atoms with Gasteiger partial charge in [-0.25, -0.2) is 4.39 Å². The summed E-state index contributed by atoms with van der Waals surface area (Å²) >= 11 is 7.50. The molecule has 0 radical (unpaired) electrons. The lowest BCUT2D eigenvalue weighted by molar-refractivity contribution is -0.120. The Morgan fingerprint density at radius 3 is 2.26 bits per heavy atom. The van der Waals surface area contributed by atoms with Crippen molar-refractivity contribution in [1.82, 2.24) is 5.32 Å². The first-order valence-corrected chi connectivity index (χ1v) is 13.4. The van der Waals surface area contributed by atoms with Crippen LogP contribution in [0.5, 0.6) is 0 Å². The number of nitrogens with one attached hydrogen (secondary N) is 1. The Morgan fingerprint density at radius 1 is 0.872 bits per heavy atom. The van der Waals surface area contributed by atoms with Crippen LogP contribution in [0.1, 0.15) is 27.4 Å². The zero-order chi connectivity index (χ0) is 27.1. The third-order valence-corrected chi connectivity index (χ3v) is 8.19. The first-order valence-electron chi connectivity index (χ1n) is 12.2. The molecule has 0 fully saturated rings. The number of rotatable bonds is 4. The molecule has 1 aromatic heterocycles. The standard InChI is InChI=1S/C31H20ClFN2O3S/c32-19-15-16-24-22(17-19)28(36)26-25(21-13-7-8-14-23(21)33)27(34-29(37)18-9-3-1-4-10-18)30(38)35(31(26)39-24)20-11-5-2-6-12-20/h1-17,25,27H,(H,34,37)/t25-,27-/m1/s1. The van der Waals surface area contributed by atoms with Crippen LogP contribution < -0.4 is 15.6 Å². The molecular weight excluding hydrogens is 535 g/mol. The monoisotopic (exact) mass is 554 g/mol. The van der Waals surface area contributed by atoms with Crippen molar-refractivity contribution in [2.24, 2.45) is 0 Å². The van der Waals surface area contributed by atoms with Crippen molar-refractivity contribution in [1.29, 1.82) is 0 Å². The van der Waals surface area contributed by atoms with Crippen LogP contribution in [0.2, 0.25) is 5.02 Å². The Kier molecular flexibility index (Phi) is 6.46. The van der Waals surface area contributed by atoms with Crippen LogP contribution in [0.15, 0.2) is 108 Å². The first kappa shape index (κ1) is 25.0. The Hall–Kier alpha value is -4.33. The van der Waals surface area contributed by atoms with Gasteiger partial charge < -0.3 is 5.32 Å². The first-order chi connectivity index (χ1) is 18.9. The molecule has 8 heteroatoms. The second-order valence-electron chi connectivity index (χ2n) is 9.12. The number of carbonyl (C=O) groups is 2. The van der Waals surface area contributed by atoms with Gasteiger partial charge in [0.25, 0.3) is 11.8 Å². The second kappa shape index (κ2) is 10.1. The summed E-state index contributed by atoms with van der Waals surface area (Å²) in [6.45, 7) is 0. The Balaban J connectivity index is 1.65. The molecule has 0 saturated heterocycles. The van der Waals surface area contributed by atoms with Crippen LogP contribution in [-0.4, -0.2) is 17.9 Å². The molecule has 5 aromatic rings. The Labute approximate surface area is 232 Å². The normalized spacial score (nSPS) is 16.7. The number of anilines is 2. The minimum Gasteiger partial charge on any atom is -0.339 e. The van der Waals surface area contributed by atoms with Gasteiger partial charge in [0.2, 0.25) is 0 Å². The molecule has 1 aliphatic rings. The molecule has 6 rings (SSSR count). The summed E-state index contributed by atoms with van der Waals surface area (Å²) in [6.07, 6.45) is 0. The molecule has 2 heterocycles. The number of halogens is 2. The molecule has 2 atom stereocenters. The SMILES string of the molecule is O=C(N[C@H]1C(=O)N(c2ccccc2)c2sc3ccc(Cl)cc3c(=O)c2[C@H]1c1ccccc1F)c1ccccc1. The molecule has 192 valence electrons. The summed E-state index contributed by atoms with van der Waals surface area (Å²) in [4.78, 5) is 43.3. The summed E-state index contributed by atoms with van der Waals surface area (Å²) < 4.78 is 16.0. The van der Waals surface area contributed by atoms with E-state index in [2.05, 4.69) is 5.32 Å². The van der Waals surface area contributed by atoms with Crippen molar-refractivity contribution in [2.75, 3.05) is 4.90 Å². The smallest absolute Gasteiger partial charge is 0.255 e. The van der Waals surface area contributed by atoms with E-state index in [1.807, 2.05) is 6.07 Å². The topological polar surface area (TPSA) is 66.5 Å².